The standard InChI is InChI=1S/C29H34N2O2/c1-3-5-7-8-10-12-28(32)33-27-19-17-24(18-20-27)26-21-30-29(31-22-26)25-15-13-23(14-16-25)11-9-6-4-2/h10,12-22H,3-9,11H2,1-2H3/b12-10+. The Morgan fingerprint density at radius 3 is 2.09 bits per heavy atom. The minimum absolute atomic E-state index is 0.344. The van der Waals surface area contributed by atoms with Crippen molar-refractivity contribution in [2.75, 3.05) is 0 Å². The van der Waals surface area contributed by atoms with E-state index in [1.165, 1.54) is 43.7 Å². The van der Waals surface area contributed by atoms with Gasteiger partial charge in [0.1, 0.15) is 5.75 Å². The van der Waals surface area contributed by atoms with Crippen molar-refractivity contribution >= 4 is 5.97 Å². The van der Waals surface area contributed by atoms with Gasteiger partial charge in [0.05, 0.1) is 0 Å². The molecule has 1 heterocycles. The van der Waals surface area contributed by atoms with Gasteiger partial charge in [0.2, 0.25) is 0 Å². The molecule has 0 amide bonds. The zero-order valence-corrected chi connectivity index (χ0v) is 19.8. The molecule has 4 nitrogen and oxygen atoms in total. The van der Waals surface area contributed by atoms with E-state index in [-0.39, 0.29) is 5.97 Å². The average Bonchev–Trinajstić information content (AvgIpc) is 2.85. The predicted molar refractivity (Wildman–Crippen MR) is 135 cm³/mol. The van der Waals surface area contributed by atoms with Gasteiger partial charge in [0.25, 0.3) is 0 Å². The van der Waals surface area contributed by atoms with Gasteiger partial charge in [-0.15, -0.1) is 0 Å². The molecule has 3 aromatic rings. The van der Waals surface area contributed by atoms with Gasteiger partial charge in [-0.25, -0.2) is 14.8 Å². The topological polar surface area (TPSA) is 52.1 Å². The van der Waals surface area contributed by atoms with Gasteiger partial charge in [-0.05, 0) is 48.9 Å². The highest BCUT2D eigenvalue weighted by Gasteiger charge is 2.06. The summed E-state index contributed by atoms with van der Waals surface area (Å²) in [7, 11) is 0. The van der Waals surface area contributed by atoms with Gasteiger partial charge >= 0.3 is 5.97 Å². The molecule has 0 aliphatic heterocycles. The van der Waals surface area contributed by atoms with Crippen LogP contribution in [0.3, 0.4) is 0 Å². The van der Waals surface area contributed by atoms with Crippen LogP contribution in [-0.4, -0.2) is 15.9 Å². The number of hydrogen-bond acceptors (Lipinski definition) is 4. The van der Waals surface area contributed by atoms with E-state index >= 15 is 0 Å². The Balaban J connectivity index is 1.55. The summed E-state index contributed by atoms with van der Waals surface area (Å²) in [4.78, 5) is 21.0. The molecule has 0 bridgehead atoms. The number of hydrogen-bond donors (Lipinski definition) is 0. The van der Waals surface area contributed by atoms with Gasteiger partial charge in [0.15, 0.2) is 5.82 Å². The molecule has 0 aliphatic carbocycles. The van der Waals surface area contributed by atoms with Crippen LogP contribution in [0.25, 0.3) is 22.5 Å². The third-order valence-corrected chi connectivity index (χ3v) is 5.57. The molecule has 0 N–H and O–H groups in total. The van der Waals surface area contributed by atoms with Gasteiger partial charge in [0, 0.05) is 29.6 Å². The number of aromatic nitrogens is 2. The lowest BCUT2D eigenvalue weighted by Crippen LogP contribution is -2.03. The molecule has 172 valence electrons. The van der Waals surface area contributed by atoms with Crippen LogP contribution >= 0.6 is 0 Å². The summed E-state index contributed by atoms with van der Waals surface area (Å²) in [5.74, 6) is 0.900. The van der Waals surface area contributed by atoms with Crippen molar-refractivity contribution < 1.29 is 9.53 Å². The third kappa shape index (κ3) is 7.98. The molecule has 0 unspecified atom stereocenters. The van der Waals surface area contributed by atoms with E-state index in [0.29, 0.717) is 5.75 Å². The smallest absolute Gasteiger partial charge is 0.335 e. The number of ether oxygens (including phenoxy) is 1. The summed E-state index contributed by atoms with van der Waals surface area (Å²) in [6.07, 6.45) is 16.3. The Bertz CT molecular complexity index is 1010. The number of benzene rings is 2. The normalized spacial score (nSPS) is 11.1. The van der Waals surface area contributed by atoms with Gasteiger partial charge < -0.3 is 4.74 Å². The second-order valence-corrected chi connectivity index (χ2v) is 8.29. The maximum Gasteiger partial charge on any atom is 0.335 e. The predicted octanol–water partition coefficient (Wildman–Crippen LogP) is 7.59. The van der Waals surface area contributed by atoms with Crippen LogP contribution in [0.5, 0.6) is 5.75 Å². The molecule has 4 heteroatoms. The number of carbonyl (C=O) groups excluding carboxylic acids is 1. The first-order valence-electron chi connectivity index (χ1n) is 12.1. The molecular weight excluding hydrogens is 408 g/mol. The van der Waals surface area contributed by atoms with Crippen LogP contribution in [0.15, 0.2) is 73.1 Å². The van der Waals surface area contributed by atoms with Crippen LogP contribution in [0.1, 0.15) is 64.4 Å². The fourth-order valence-corrected chi connectivity index (χ4v) is 3.58. The SMILES string of the molecule is CCCCC/C=C/C(=O)Oc1ccc(-c2cnc(-c3ccc(CCCCC)cc3)nc2)cc1. The fraction of sp³-hybridized carbons (Fsp3) is 0.345. The van der Waals surface area contributed by atoms with E-state index in [9.17, 15) is 4.79 Å². The number of carbonyl (C=O) groups is 1. The molecule has 2 aromatic carbocycles. The average molecular weight is 443 g/mol. The summed E-state index contributed by atoms with van der Waals surface area (Å²) in [6, 6.07) is 15.9. The lowest BCUT2D eigenvalue weighted by atomic mass is 10.0. The first-order chi connectivity index (χ1) is 16.2. The Labute approximate surface area is 197 Å². The van der Waals surface area contributed by atoms with E-state index in [2.05, 4.69) is 48.1 Å². The number of aryl methyl sites for hydroxylation is 1. The number of esters is 1. The molecule has 0 aliphatic rings. The highest BCUT2D eigenvalue weighted by atomic mass is 16.5. The molecule has 3 rings (SSSR count). The van der Waals surface area contributed by atoms with Crippen LogP contribution in [0, 0.1) is 0 Å². The van der Waals surface area contributed by atoms with Crippen molar-refractivity contribution in [2.45, 2.75) is 65.2 Å². The number of allylic oxidation sites excluding steroid dienone is 1. The van der Waals surface area contributed by atoms with Crippen LogP contribution in [-0.2, 0) is 11.2 Å². The molecule has 0 saturated carbocycles. The third-order valence-electron chi connectivity index (χ3n) is 5.57. The molecule has 0 saturated heterocycles. The Morgan fingerprint density at radius 2 is 1.42 bits per heavy atom. The summed E-state index contributed by atoms with van der Waals surface area (Å²) < 4.78 is 5.37. The summed E-state index contributed by atoms with van der Waals surface area (Å²) in [6.45, 7) is 4.39. The number of rotatable bonds is 12. The van der Waals surface area contributed by atoms with Crippen molar-refractivity contribution in [3.8, 4) is 28.3 Å². The molecule has 0 fully saturated rings. The van der Waals surface area contributed by atoms with E-state index in [0.717, 1.165) is 41.8 Å². The van der Waals surface area contributed by atoms with E-state index in [4.69, 9.17) is 4.74 Å². The van der Waals surface area contributed by atoms with Crippen molar-refractivity contribution in [3.05, 3.63) is 78.6 Å². The second-order valence-electron chi connectivity index (χ2n) is 8.29. The van der Waals surface area contributed by atoms with Gasteiger partial charge in [-0.2, -0.15) is 0 Å². The van der Waals surface area contributed by atoms with Crippen LogP contribution in [0.4, 0.5) is 0 Å². The zero-order chi connectivity index (χ0) is 23.3. The molecule has 0 atom stereocenters. The summed E-state index contributed by atoms with van der Waals surface area (Å²) in [5.41, 5.74) is 4.27. The largest absolute Gasteiger partial charge is 0.423 e. The molecule has 1 aromatic heterocycles. The van der Waals surface area contributed by atoms with Crippen molar-refractivity contribution in [1.82, 2.24) is 9.97 Å². The second kappa shape index (κ2) is 13.3. The fourth-order valence-electron chi connectivity index (χ4n) is 3.58. The Hall–Kier alpha value is -3.27. The quantitative estimate of drug-likeness (QED) is 0.125. The van der Waals surface area contributed by atoms with E-state index in [1.807, 2.05) is 30.6 Å². The number of unbranched alkanes of at least 4 members (excludes halogenated alkanes) is 5. The molecule has 0 spiro atoms. The maximum atomic E-state index is 11.9. The Kier molecular flexibility index (Phi) is 9.84. The molecular formula is C29H34N2O2. The summed E-state index contributed by atoms with van der Waals surface area (Å²) >= 11 is 0. The van der Waals surface area contributed by atoms with Crippen LogP contribution < -0.4 is 4.74 Å². The van der Waals surface area contributed by atoms with Crippen LogP contribution in [0.2, 0.25) is 0 Å². The summed E-state index contributed by atoms with van der Waals surface area (Å²) in [5, 5.41) is 0. The minimum Gasteiger partial charge on any atom is -0.423 e. The zero-order valence-electron chi connectivity index (χ0n) is 19.8. The van der Waals surface area contributed by atoms with Crippen molar-refractivity contribution in [2.24, 2.45) is 0 Å². The van der Waals surface area contributed by atoms with Gasteiger partial charge in [-0.3, -0.25) is 0 Å². The number of nitrogens with zero attached hydrogens (tertiary/aromatic N) is 2. The first kappa shape index (κ1) is 24.4. The van der Waals surface area contributed by atoms with Crippen molar-refractivity contribution in [1.29, 1.82) is 0 Å². The first-order valence-corrected chi connectivity index (χ1v) is 12.1. The van der Waals surface area contributed by atoms with E-state index < -0.39 is 0 Å². The monoisotopic (exact) mass is 442 g/mol. The minimum atomic E-state index is -0.344. The lowest BCUT2D eigenvalue weighted by molar-refractivity contribution is -0.129. The maximum absolute atomic E-state index is 11.9. The van der Waals surface area contributed by atoms with E-state index in [1.54, 1.807) is 12.1 Å². The van der Waals surface area contributed by atoms with Crippen molar-refractivity contribution in [3.63, 3.8) is 0 Å². The van der Waals surface area contributed by atoms with Gasteiger partial charge in [-0.1, -0.05) is 82.0 Å². The molecule has 33 heavy (non-hydrogen) atoms. The highest BCUT2D eigenvalue weighted by molar-refractivity contribution is 5.84. The molecule has 0 radical (unpaired) electrons. The Morgan fingerprint density at radius 1 is 0.788 bits per heavy atom. The highest BCUT2D eigenvalue weighted by Crippen LogP contribution is 2.23. The lowest BCUT2D eigenvalue weighted by Gasteiger charge is -2.06.